The zero-order chi connectivity index (χ0) is 18.2. The smallest absolute Gasteiger partial charge is 0.401 e. The van der Waals surface area contributed by atoms with E-state index in [1.165, 1.54) is 11.9 Å². The number of nitrogens with zero attached hydrogens (tertiary/aromatic N) is 3. The van der Waals surface area contributed by atoms with Gasteiger partial charge in [0.05, 0.1) is 19.1 Å². The second-order valence-electron chi connectivity index (χ2n) is 5.86. The average molecular weight is 352 g/mol. The van der Waals surface area contributed by atoms with Crippen molar-refractivity contribution >= 4 is 11.9 Å². The quantitative estimate of drug-likeness (QED) is 0.444. The number of likely N-dealkylation sites (N-methyl/N-ethyl adjacent to an activating group) is 1. The molecule has 24 heavy (non-hydrogen) atoms. The number of rotatable bonds is 6. The summed E-state index contributed by atoms with van der Waals surface area (Å²) in [6.45, 7) is 3.05. The molecule has 0 radical (unpaired) electrons. The molecule has 1 aliphatic rings. The van der Waals surface area contributed by atoms with Gasteiger partial charge in [-0.15, -0.1) is 0 Å². The highest BCUT2D eigenvalue weighted by Crippen LogP contribution is 2.18. The van der Waals surface area contributed by atoms with Gasteiger partial charge in [-0.25, -0.2) is 0 Å². The van der Waals surface area contributed by atoms with Crippen molar-refractivity contribution in [2.45, 2.75) is 25.9 Å². The number of hydrogen-bond acceptors (Lipinski definition) is 4. The maximum Gasteiger partial charge on any atom is 0.401 e. The van der Waals surface area contributed by atoms with Crippen LogP contribution in [0.15, 0.2) is 4.99 Å². The molecule has 9 heteroatoms. The molecule has 140 valence electrons. The Kier molecular flexibility index (Phi) is 8.30. The molecular formula is C15H27F3N4O2. The topological polar surface area (TPSA) is 57.2 Å². The molecule has 6 nitrogen and oxygen atoms in total. The van der Waals surface area contributed by atoms with Gasteiger partial charge in [0.25, 0.3) is 0 Å². The molecule has 0 aromatic carbocycles. The Morgan fingerprint density at radius 2 is 2.17 bits per heavy atom. The van der Waals surface area contributed by atoms with Gasteiger partial charge in [-0.05, 0) is 26.8 Å². The molecule has 0 spiro atoms. The summed E-state index contributed by atoms with van der Waals surface area (Å²) in [5.74, 6) is 0.206. The van der Waals surface area contributed by atoms with Crippen molar-refractivity contribution in [3.05, 3.63) is 0 Å². The first-order valence-electron chi connectivity index (χ1n) is 8.14. The summed E-state index contributed by atoms with van der Waals surface area (Å²) >= 11 is 0. The Morgan fingerprint density at radius 3 is 2.75 bits per heavy atom. The van der Waals surface area contributed by atoms with Gasteiger partial charge in [-0.3, -0.25) is 14.7 Å². The predicted molar refractivity (Wildman–Crippen MR) is 85.8 cm³/mol. The van der Waals surface area contributed by atoms with Crippen LogP contribution in [0, 0.1) is 5.92 Å². The number of carbonyl (C=O) groups excluding carboxylic acids is 1. The highest BCUT2D eigenvalue weighted by molar-refractivity contribution is 5.81. The maximum atomic E-state index is 12.3. The van der Waals surface area contributed by atoms with E-state index in [4.69, 9.17) is 4.74 Å². The van der Waals surface area contributed by atoms with Gasteiger partial charge in [0, 0.05) is 33.2 Å². The van der Waals surface area contributed by atoms with Crippen molar-refractivity contribution in [1.29, 1.82) is 0 Å². The first kappa shape index (κ1) is 20.5. The van der Waals surface area contributed by atoms with E-state index in [9.17, 15) is 18.0 Å². The molecule has 1 saturated heterocycles. The van der Waals surface area contributed by atoms with Crippen LogP contribution in [0.3, 0.4) is 0 Å². The fourth-order valence-corrected chi connectivity index (χ4v) is 2.70. The second-order valence-corrected chi connectivity index (χ2v) is 5.86. The SMILES string of the molecule is CCOC(=O)[C@@H]1CCCN(C(=NC)NCCN(C)CC(F)(F)F)C1. The fraction of sp³-hybridized carbons (Fsp3) is 0.867. The van der Waals surface area contributed by atoms with Crippen LogP contribution in [0.5, 0.6) is 0 Å². The highest BCUT2D eigenvalue weighted by atomic mass is 19.4. The minimum absolute atomic E-state index is 0.190. The molecule has 0 unspecified atom stereocenters. The predicted octanol–water partition coefficient (Wildman–Crippen LogP) is 1.33. The monoisotopic (exact) mass is 352 g/mol. The molecule has 1 N–H and O–H groups in total. The molecule has 1 aliphatic heterocycles. The van der Waals surface area contributed by atoms with Crippen LogP contribution < -0.4 is 5.32 Å². The van der Waals surface area contributed by atoms with E-state index in [0.29, 0.717) is 25.7 Å². The molecule has 1 heterocycles. The molecule has 0 aromatic heterocycles. The number of piperidine rings is 1. The molecular weight excluding hydrogens is 325 g/mol. The first-order valence-corrected chi connectivity index (χ1v) is 8.14. The van der Waals surface area contributed by atoms with Crippen molar-refractivity contribution < 1.29 is 22.7 Å². The van der Waals surface area contributed by atoms with Crippen LogP contribution in [0.4, 0.5) is 13.2 Å². The van der Waals surface area contributed by atoms with E-state index in [1.807, 2.05) is 4.90 Å². The number of nitrogens with one attached hydrogen (secondary N) is 1. The van der Waals surface area contributed by atoms with Gasteiger partial charge in [0.2, 0.25) is 0 Å². The Labute approximate surface area is 141 Å². The summed E-state index contributed by atoms with van der Waals surface area (Å²) in [5, 5.41) is 3.06. The third-order valence-electron chi connectivity index (χ3n) is 3.78. The number of esters is 1. The van der Waals surface area contributed by atoms with Gasteiger partial charge in [-0.2, -0.15) is 13.2 Å². The van der Waals surface area contributed by atoms with Crippen molar-refractivity contribution in [2.24, 2.45) is 10.9 Å². The van der Waals surface area contributed by atoms with E-state index in [-0.39, 0.29) is 18.4 Å². The van der Waals surface area contributed by atoms with E-state index in [2.05, 4.69) is 10.3 Å². The number of likely N-dealkylation sites (tertiary alicyclic amines) is 1. The lowest BCUT2D eigenvalue weighted by molar-refractivity contribution is -0.149. The van der Waals surface area contributed by atoms with E-state index in [1.54, 1.807) is 14.0 Å². The Bertz CT molecular complexity index is 429. The van der Waals surface area contributed by atoms with Crippen LogP contribution in [0.1, 0.15) is 19.8 Å². The summed E-state index contributed by atoms with van der Waals surface area (Å²) in [4.78, 5) is 19.2. The molecule has 0 saturated carbocycles. The Balaban J connectivity index is 2.44. The summed E-state index contributed by atoms with van der Waals surface area (Å²) < 4.78 is 41.9. The molecule has 0 aromatic rings. The largest absolute Gasteiger partial charge is 0.466 e. The second kappa shape index (κ2) is 9.71. The molecule has 1 fully saturated rings. The third-order valence-corrected chi connectivity index (χ3v) is 3.78. The number of carbonyl (C=O) groups is 1. The highest BCUT2D eigenvalue weighted by Gasteiger charge is 2.30. The first-order chi connectivity index (χ1) is 11.3. The number of hydrogen-bond donors (Lipinski definition) is 1. The summed E-state index contributed by atoms with van der Waals surface area (Å²) in [5.41, 5.74) is 0. The lowest BCUT2D eigenvalue weighted by Gasteiger charge is -2.34. The van der Waals surface area contributed by atoms with E-state index >= 15 is 0 Å². The molecule has 0 amide bonds. The van der Waals surface area contributed by atoms with Gasteiger partial charge in [0.15, 0.2) is 5.96 Å². The minimum Gasteiger partial charge on any atom is -0.466 e. The number of alkyl halides is 3. The lowest BCUT2D eigenvalue weighted by Crippen LogP contribution is -2.49. The minimum atomic E-state index is -4.20. The number of aliphatic imine (C=N–C) groups is 1. The van der Waals surface area contributed by atoms with Gasteiger partial charge >= 0.3 is 12.1 Å². The zero-order valence-electron chi connectivity index (χ0n) is 14.5. The summed E-state index contributed by atoms with van der Waals surface area (Å²) in [6, 6.07) is 0. The van der Waals surface area contributed by atoms with Gasteiger partial charge < -0.3 is 15.0 Å². The normalized spacial score (nSPS) is 19.5. The molecule has 0 bridgehead atoms. The van der Waals surface area contributed by atoms with Crippen LogP contribution in [0.2, 0.25) is 0 Å². The van der Waals surface area contributed by atoms with Crippen molar-refractivity contribution in [3.63, 3.8) is 0 Å². The van der Waals surface area contributed by atoms with Crippen molar-refractivity contribution in [1.82, 2.24) is 15.1 Å². The van der Waals surface area contributed by atoms with Crippen LogP contribution in [0.25, 0.3) is 0 Å². The number of ether oxygens (including phenoxy) is 1. The van der Waals surface area contributed by atoms with Crippen LogP contribution in [-0.2, 0) is 9.53 Å². The zero-order valence-corrected chi connectivity index (χ0v) is 14.5. The maximum absolute atomic E-state index is 12.3. The lowest BCUT2D eigenvalue weighted by atomic mass is 9.98. The van der Waals surface area contributed by atoms with Crippen molar-refractivity contribution in [2.75, 3.05) is 53.4 Å². The molecule has 1 rings (SSSR count). The fourth-order valence-electron chi connectivity index (χ4n) is 2.70. The molecule has 0 aliphatic carbocycles. The Morgan fingerprint density at radius 1 is 1.46 bits per heavy atom. The van der Waals surface area contributed by atoms with Crippen molar-refractivity contribution in [3.8, 4) is 0 Å². The third kappa shape index (κ3) is 7.37. The summed E-state index contributed by atoms with van der Waals surface area (Å²) in [6.07, 6.45) is -2.57. The van der Waals surface area contributed by atoms with Crippen LogP contribution >= 0.6 is 0 Å². The number of guanidine groups is 1. The van der Waals surface area contributed by atoms with E-state index in [0.717, 1.165) is 19.4 Å². The Hall–Kier alpha value is -1.51. The van der Waals surface area contributed by atoms with Crippen LogP contribution in [-0.4, -0.2) is 81.3 Å². The standard InChI is InChI=1S/C15H27F3N4O2/c1-4-24-13(23)12-6-5-8-22(10-12)14(19-2)20-7-9-21(3)11-15(16,17)18/h12H,4-11H2,1-3H3,(H,19,20)/t12-/m1/s1. The van der Waals surface area contributed by atoms with Gasteiger partial charge in [-0.1, -0.05) is 0 Å². The summed E-state index contributed by atoms with van der Waals surface area (Å²) in [7, 11) is 3.05. The number of halogens is 3. The van der Waals surface area contributed by atoms with Gasteiger partial charge in [0.1, 0.15) is 0 Å². The van der Waals surface area contributed by atoms with E-state index < -0.39 is 12.7 Å². The average Bonchev–Trinajstić information content (AvgIpc) is 2.50. The molecule has 1 atom stereocenters.